The third-order valence-corrected chi connectivity index (χ3v) is 9.48. The highest BCUT2D eigenvalue weighted by Gasteiger charge is 2.34. The number of hydrogen-bond donors (Lipinski definition) is 0. The van der Waals surface area contributed by atoms with Crippen molar-refractivity contribution in [3.05, 3.63) is 52.0 Å². The van der Waals surface area contributed by atoms with Crippen molar-refractivity contribution in [1.82, 2.24) is 19.6 Å². The van der Waals surface area contributed by atoms with Gasteiger partial charge in [-0.1, -0.05) is 29.8 Å². The quantitative estimate of drug-likeness (QED) is 0.584. The first-order valence-corrected chi connectivity index (χ1v) is 13.7. The summed E-state index contributed by atoms with van der Waals surface area (Å²) in [6, 6.07) is 10.5. The van der Waals surface area contributed by atoms with E-state index < -0.39 is 9.84 Å². The van der Waals surface area contributed by atoms with E-state index in [0.717, 1.165) is 33.9 Å². The van der Waals surface area contributed by atoms with Crippen molar-refractivity contribution in [2.24, 2.45) is 0 Å². The molecule has 0 spiro atoms. The third-order valence-electron chi connectivity index (χ3n) is 6.60. The van der Waals surface area contributed by atoms with Crippen molar-refractivity contribution in [2.45, 2.75) is 32.9 Å². The average Bonchev–Trinajstić information content (AvgIpc) is 3.45. The Morgan fingerprint density at radius 1 is 1.12 bits per heavy atom. The predicted molar refractivity (Wildman–Crippen MR) is 127 cm³/mol. The molecular formula is C23H28N4O3S2. The lowest BCUT2D eigenvalue weighted by Gasteiger charge is -2.37. The Hall–Kier alpha value is -2.23. The molecular weight excluding hydrogens is 444 g/mol. The van der Waals surface area contributed by atoms with Gasteiger partial charge in [-0.2, -0.15) is 5.10 Å². The maximum absolute atomic E-state index is 13.2. The molecule has 32 heavy (non-hydrogen) atoms. The summed E-state index contributed by atoms with van der Waals surface area (Å²) in [5.41, 5.74) is 3.36. The van der Waals surface area contributed by atoms with Gasteiger partial charge in [0, 0.05) is 37.6 Å². The fraction of sp³-hybridized carbons (Fsp3) is 0.478. The van der Waals surface area contributed by atoms with Crippen molar-refractivity contribution in [3.63, 3.8) is 0 Å². The van der Waals surface area contributed by atoms with Gasteiger partial charge in [0.1, 0.15) is 4.83 Å². The summed E-state index contributed by atoms with van der Waals surface area (Å²) in [7, 11) is -2.89. The van der Waals surface area contributed by atoms with Crippen LogP contribution in [-0.4, -0.2) is 77.6 Å². The number of hydrogen-bond acceptors (Lipinski definition) is 6. The van der Waals surface area contributed by atoms with E-state index in [4.69, 9.17) is 5.10 Å². The monoisotopic (exact) mass is 472 g/mol. The lowest BCUT2D eigenvalue weighted by molar-refractivity contribution is 0.0592. The standard InChI is InChI=1S/C23H28N4O3S2/c1-16-3-5-18(6-4-16)14-27-23-20(17(2)24-27)13-21(31-23)22(28)26-10-8-25(9-11-26)19-7-12-32(29,30)15-19/h3-6,13,19H,7-12,14-15H2,1-2H3/t19-/m1/s1. The molecule has 0 radical (unpaired) electrons. The molecule has 2 aliphatic heterocycles. The molecule has 2 saturated heterocycles. The highest BCUT2D eigenvalue weighted by molar-refractivity contribution is 7.91. The van der Waals surface area contributed by atoms with Crippen LogP contribution in [0.3, 0.4) is 0 Å². The molecule has 1 amide bonds. The van der Waals surface area contributed by atoms with Gasteiger partial charge in [-0.15, -0.1) is 11.3 Å². The van der Waals surface area contributed by atoms with Gasteiger partial charge < -0.3 is 4.90 Å². The largest absolute Gasteiger partial charge is 0.335 e. The van der Waals surface area contributed by atoms with Crippen molar-refractivity contribution < 1.29 is 13.2 Å². The van der Waals surface area contributed by atoms with E-state index in [1.807, 2.05) is 22.6 Å². The van der Waals surface area contributed by atoms with Crippen LogP contribution in [0, 0.1) is 13.8 Å². The Kier molecular flexibility index (Phi) is 5.59. The molecule has 5 rings (SSSR count). The second-order valence-corrected chi connectivity index (χ2v) is 12.2. The zero-order valence-corrected chi connectivity index (χ0v) is 20.1. The smallest absolute Gasteiger partial charge is 0.264 e. The maximum atomic E-state index is 13.2. The van der Waals surface area contributed by atoms with Crippen molar-refractivity contribution in [1.29, 1.82) is 0 Å². The van der Waals surface area contributed by atoms with Crippen LogP contribution in [0.25, 0.3) is 10.2 Å². The molecule has 0 aliphatic carbocycles. The van der Waals surface area contributed by atoms with Gasteiger partial charge in [-0.3, -0.25) is 14.4 Å². The summed E-state index contributed by atoms with van der Waals surface area (Å²) < 4.78 is 25.6. The normalized spacial score (nSPS) is 21.4. The van der Waals surface area contributed by atoms with E-state index in [9.17, 15) is 13.2 Å². The van der Waals surface area contributed by atoms with Crippen LogP contribution in [0.5, 0.6) is 0 Å². The SMILES string of the molecule is Cc1ccc(Cn2nc(C)c3cc(C(=O)N4CCN([C@@H]5CCS(=O)(=O)C5)CC4)sc32)cc1. The Balaban J connectivity index is 1.29. The molecule has 1 atom stereocenters. The average molecular weight is 473 g/mol. The van der Waals surface area contributed by atoms with Crippen LogP contribution >= 0.6 is 11.3 Å². The summed E-state index contributed by atoms with van der Waals surface area (Å²) >= 11 is 1.51. The lowest BCUT2D eigenvalue weighted by Crippen LogP contribution is -2.52. The molecule has 3 aromatic rings. The number of fused-ring (bicyclic) bond motifs is 1. The summed E-state index contributed by atoms with van der Waals surface area (Å²) in [4.78, 5) is 19.1. The molecule has 0 bridgehead atoms. The Morgan fingerprint density at radius 2 is 1.84 bits per heavy atom. The highest BCUT2D eigenvalue weighted by Crippen LogP contribution is 2.30. The fourth-order valence-corrected chi connectivity index (χ4v) is 7.59. The fourth-order valence-electron chi connectivity index (χ4n) is 4.70. The minimum absolute atomic E-state index is 0.0613. The lowest BCUT2D eigenvalue weighted by atomic mass is 10.1. The first-order chi connectivity index (χ1) is 15.3. The molecule has 2 aromatic heterocycles. The number of carbonyl (C=O) groups excluding carboxylic acids is 1. The zero-order chi connectivity index (χ0) is 22.5. The number of thiophene rings is 1. The topological polar surface area (TPSA) is 75.5 Å². The van der Waals surface area contributed by atoms with Gasteiger partial charge in [0.15, 0.2) is 9.84 Å². The summed E-state index contributed by atoms with van der Waals surface area (Å²) in [6.07, 6.45) is 0.712. The number of aryl methyl sites for hydroxylation is 2. The molecule has 0 saturated carbocycles. The maximum Gasteiger partial charge on any atom is 0.264 e. The zero-order valence-electron chi connectivity index (χ0n) is 18.5. The number of sulfone groups is 1. The summed E-state index contributed by atoms with van der Waals surface area (Å²) in [5, 5.41) is 5.73. The van der Waals surface area contributed by atoms with Crippen LogP contribution in [0.1, 0.15) is 32.9 Å². The van der Waals surface area contributed by atoms with E-state index in [2.05, 4.69) is 36.1 Å². The number of nitrogens with zero attached hydrogens (tertiary/aromatic N) is 4. The van der Waals surface area contributed by atoms with Crippen LogP contribution in [0.15, 0.2) is 30.3 Å². The first kappa shape index (κ1) is 21.6. The molecule has 2 fully saturated rings. The van der Waals surface area contributed by atoms with Crippen molar-refractivity contribution in [2.75, 3.05) is 37.7 Å². The van der Waals surface area contributed by atoms with Crippen LogP contribution < -0.4 is 0 Å². The van der Waals surface area contributed by atoms with E-state index >= 15 is 0 Å². The number of piperazine rings is 1. The Labute approximate surface area is 192 Å². The molecule has 2 aliphatic rings. The van der Waals surface area contributed by atoms with E-state index in [1.54, 1.807) is 0 Å². The summed E-state index contributed by atoms with van der Waals surface area (Å²) in [5.74, 6) is 0.608. The molecule has 9 heteroatoms. The molecule has 0 N–H and O–H groups in total. The van der Waals surface area contributed by atoms with Gasteiger partial charge in [0.05, 0.1) is 28.6 Å². The minimum atomic E-state index is -2.89. The second-order valence-electron chi connectivity index (χ2n) is 8.94. The van der Waals surface area contributed by atoms with Gasteiger partial charge in [0.25, 0.3) is 5.91 Å². The minimum Gasteiger partial charge on any atom is -0.335 e. The second kappa shape index (κ2) is 8.28. The molecule has 4 heterocycles. The van der Waals surface area contributed by atoms with E-state index in [0.29, 0.717) is 26.1 Å². The van der Waals surface area contributed by atoms with Gasteiger partial charge in [0.2, 0.25) is 0 Å². The predicted octanol–water partition coefficient (Wildman–Crippen LogP) is 2.71. The Bertz CT molecular complexity index is 1250. The van der Waals surface area contributed by atoms with Crippen molar-refractivity contribution in [3.8, 4) is 0 Å². The number of rotatable bonds is 4. The van der Waals surface area contributed by atoms with Gasteiger partial charge >= 0.3 is 0 Å². The van der Waals surface area contributed by atoms with E-state index in [-0.39, 0.29) is 23.5 Å². The van der Waals surface area contributed by atoms with Gasteiger partial charge in [-0.05, 0) is 31.9 Å². The first-order valence-electron chi connectivity index (χ1n) is 11.1. The summed E-state index contributed by atoms with van der Waals surface area (Å²) in [6.45, 7) is 7.49. The third kappa shape index (κ3) is 4.21. The Morgan fingerprint density at radius 3 is 2.50 bits per heavy atom. The molecule has 1 aromatic carbocycles. The number of benzene rings is 1. The highest BCUT2D eigenvalue weighted by atomic mass is 32.2. The molecule has 0 unspecified atom stereocenters. The van der Waals surface area contributed by atoms with Crippen LogP contribution in [0.2, 0.25) is 0 Å². The van der Waals surface area contributed by atoms with Crippen molar-refractivity contribution >= 4 is 37.3 Å². The molecule has 7 nitrogen and oxygen atoms in total. The number of carbonyl (C=O) groups is 1. The number of aromatic nitrogens is 2. The van der Waals surface area contributed by atoms with Gasteiger partial charge in [-0.25, -0.2) is 8.42 Å². The van der Waals surface area contributed by atoms with Crippen LogP contribution in [0.4, 0.5) is 0 Å². The van der Waals surface area contributed by atoms with E-state index in [1.165, 1.54) is 22.5 Å². The number of amides is 1. The van der Waals surface area contributed by atoms with Crippen LogP contribution in [-0.2, 0) is 16.4 Å². The molecule has 170 valence electrons.